The minimum Gasteiger partial charge on any atom is -0.309 e. The molecule has 0 amide bonds. The average molecular weight is 655 g/mol. The molecule has 8 aromatic carbocycles. The van der Waals surface area contributed by atoms with Crippen molar-refractivity contribution < 1.29 is 0 Å². The van der Waals surface area contributed by atoms with Crippen molar-refractivity contribution in [2.45, 2.75) is 19.3 Å². The van der Waals surface area contributed by atoms with E-state index < -0.39 is 0 Å². The lowest BCUT2D eigenvalue weighted by Crippen LogP contribution is -2.16. The van der Waals surface area contributed by atoms with E-state index in [2.05, 4.69) is 174 Å². The fraction of sp³-hybridized carbons (Fsp3) is 0.0638. The molecular formula is C47H34N4. The van der Waals surface area contributed by atoms with E-state index in [1.54, 1.807) is 12.5 Å². The number of hydrogen-bond acceptors (Lipinski definition) is 4. The average Bonchev–Trinajstić information content (AvgIpc) is 3.43. The molecular weight excluding hydrogens is 621 g/mol. The summed E-state index contributed by atoms with van der Waals surface area (Å²) in [5.41, 5.74) is 10.8. The number of nitrogens with zero attached hydrogens (tertiary/aromatic N) is 4. The molecule has 0 aliphatic heterocycles. The highest BCUT2D eigenvalue weighted by atomic mass is 15.2. The van der Waals surface area contributed by atoms with Crippen LogP contribution in [0.2, 0.25) is 0 Å². The van der Waals surface area contributed by atoms with Crippen molar-refractivity contribution in [2.24, 2.45) is 0 Å². The summed E-state index contributed by atoms with van der Waals surface area (Å²) in [4.78, 5) is 13.6. The molecule has 4 heteroatoms. The standard InChI is InChI=1S/C47H34N4/c1-47(2)38-17-10-9-16-35(38)46-39(47)18-11-19-42(46)50(33-12-5-3-6-13-33)40-26-22-31-21-25-37-41(27-23-32-20-24-36(40)44(31)45(32)37)51(34-14-7-4-8-15-34)43-28-29-48-30-49-43/h3-30H,1-2H3. The Kier molecular flexibility index (Phi) is 6.49. The summed E-state index contributed by atoms with van der Waals surface area (Å²) >= 11 is 0. The van der Waals surface area contributed by atoms with Crippen LogP contribution in [-0.2, 0) is 5.41 Å². The van der Waals surface area contributed by atoms with Gasteiger partial charge in [-0.05, 0) is 86.8 Å². The van der Waals surface area contributed by atoms with Crippen LogP contribution in [0.1, 0.15) is 25.0 Å². The Bertz CT molecular complexity index is 2680. The maximum atomic E-state index is 4.71. The third kappa shape index (κ3) is 4.39. The van der Waals surface area contributed by atoms with Gasteiger partial charge in [0.05, 0.1) is 17.1 Å². The summed E-state index contributed by atoms with van der Waals surface area (Å²) in [6, 6.07) is 57.2. The summed E-state index contributed by atoms with van der Waals surface area (Å²) in [7, 11) is 0. The Labute approximate surface area is 297 Å². The zero-order valence-corrected chi connectivity index (χ0v) is 28.5. The van der Waals surface area contributed by atoms with Crippen LogP contribution in [-0.4, -0.2) is 9.97 Å². The van der Waals surface area contributed by atoms with E-state index in [1.165, 1.54) is 60.3 Å². The molecule has 1 aliphatic rings. The Morgan fingerprint density at radius 3 is 1.69 bits per heavy atom. The number of para-hydroxylation sites is 2. The van der Waals surface area contributed by atoms with Gasteiger partial charge in [0.25, 0.3) is 0 Å². The van der Waals surface area contributed by atoms with Crippen molar-refractivity contribution in [3.63, 3.8) is 0 Å². The van der Waals surface area contributed by atoms with Gasteiger partial charge < -0.3 is 4.90 Å². The molecule has 0 fully saturated rings. The molecule has 0 saturated carbocycles. The fourth-order valence-corrected chi connectivity index (χ4v) is 8.45. The molecule has 0 saturated heterocycles. The van der Waals surface area contributed by atoms with Crippen molar-refractivity contribution in [1.82, 2.24) is 9.97 Å². The van der Waals surface area contributed by atoms with E-state index in [4.69, 9.17) is 4.98 Å². The number of fused-ring (bicyclic) bond motifs is 3. The van der Waals surface area contributed by atoms with Crippen LogP contribution in [0.4, 0.5) is 34.3 Å². The summed E-state index contributed by atoms with van der Waals surface area (Å²) in [5, 5.41) is 7.32. The summed E-state index contributed by atoms with van der Waals surface area (Å²) in [6.07, 6.45) is 3.42. The lowest BCUT2D eigenvalue weighted by molar-refractivity contribution is 0.660. The van der Waals surface area contributed by atoms with Gasteiger partial charge >= 0.3 is 0 Å². The predicted molar refractivity (Wildman–Crippen MR) is 213 cm³/mol. The number of benzene rings is 8. The fourth-order valence-electron chi connectivity index (χ4n) is 8.45. The van der Waals surface area contributed by atoms with Crippen molar-refractivity contribution in [3.8, 4) is 11.1 Å². The second-order valence-corrected chi connectivity index (χ2v) is 13.9. The SMILES string of the molecule is CC1(C)c2ccccc2-c2c(N(c3ccccc3)c3ccc4ccc5c(N(c6ccccc6)c6ccncn6)ccc6ccc3c4c65)cccc21. The molecule has 1 heterocycles. The Morgan fingerprint density at radius 2 is 1.04 bits per heavy atom. The highest BCUT2D eigenvalue weighted by molar-refractivity contribution is 6.28. The first-order chi connectivity index (χ1) is 25.1. The second-order valence-electron chi connectivity index (χ2n) is 13.9. The minimum atomic E-state index is -0.0995. The number of aromatic nitrogens is 2. The molecule has 0 atom stereocenters. The molecule has 51 heavy (non-hydrogen) atoms. The molecule has 4 nitrogen and oxygen atoms in total. The van der Waals surface area contributed by atoms with Gasteiger partial charge in [-0.25, -0.2) is 9.97 Å². The third-order valence-corrected chi connectivity index (χ3v) is 10.8. The molecule has 0 radical (unpaired) electrons. The molecule has 0 bridgehead atoms. The van der Waals surface area contributed by atoms with Gasteiger partial charge in [-0.1, -0.05) is 123 Å². The van der Waals surface area contributed by atoms with Crippen LogP contribution in [0.25, 0.3) is 43.4 Å². The van der Waals surface area contributed by atoms with E-state index in [0.29, 0.717) is 0 Å². The number of anilines is 6. The highest BCUT2D eigenvalue weighted by Crippen LogP contribution is 2.55. The van der Waals surface area contributed by atoms with Gasteiger partial charge in [-0.15, -0.1) is 0 Å². The second kappa shape index (κ2) is 11.3. The van der Waals surface area contributed by atoms with Crippen LogP contribution in [0.3, 0.4) is 0 Å². The Morgan fingerprint density at radius 1 is 0.471 bits per heavy atom. The zero-order chi connectivity index (χ0) is 34.1. The van der Waals surface area contributed by atoms with Crippen LogP contribution in [0.5, 0.6) is 0 Å². The minimum absolute atomic E-state index is 0.0995. The number of rotatable bonds is 6. The van der Waals surface area contributed by atoms with Crippen LogP contribution in [0, 0.1) is 0 Å². The molecule has 1 aliphatic carbocycles. The molecule has 0 unspecified atom stereocenters. The first-order valence-corrected chi connectivity index (χ1v) is 17.5. The quantitative estimate of drug-likeness (QED) is 0.167. The van der Waals surface area contributed by atoms with E-state index in [0.717, 1.165) is 28.6 Å². The van der Waals surface area contributed by atoms with Gasteiger partial charge in [0.1, 0.15) is 12.1 Å². The first-order valence-electron chi connectivity index (χ1n) is 17.5. The molecule has 10 rings (SSSR count). The van der Waals surface area contributed by atoms with Gasteiger partial charge in [-0.3, -0.25) is 4.90 Å². The molecule has 9 aromatic rings. The molecule has 0 spiro atoms. The van der Waals surface area contributed by atoms with Crippen LogP contribution in [0.15, 0.2) is 170 Å². The van der Waals surface area contributed by atoms with Crippen molar-refractivity contribution in [2.75, 3.05) is 9.80 Å². The van der Waals surface area contributed by atoms with Crippen molar-refractivity contribution in [3.05, 3.63) is 181 Å². The lowest BCUT2D eigenvalue weighted by atomic mass is 9.82. The Balaban J connectivity index is 1.26. The summed E-state index contributed by atoms with van der Waals surface area (Å²) < 4.78 is 0. The molecule has 1 aromatic heterocycles. The van der Waals surface area contributed by atoms with Gasteiger partial charge in [0.15, 0.2) is 0 Å². The third-order valence-electron chi connectivity index (χ3n) is 10.8. The summed E-state index contributed by atoms with van der Waals surface area (Å²) in [6.45, 7) is 4.70. The van der Waals surface area contributed by atoms with E-state index >= 15 is 0 Å². The topological polar surface area (TPSA) is 32.3 Å². The highest BCUT2D eigenvalue weighted by Gasteiger charge is 2.38. The number of hydrogen-bond donors (Lipinski definition) is 0. The lowest BCUT2D eigenvalue weighted by Gasteiger charge is -2.30. The normalized spacial score (nSPS) is 13.1. The first kappa shape index (κ1) is 29.4. The smallest absolute Gasteiger partial charge is 0.140 e. The van der Waals surface area contributed by atoms with Gasteiger partial charge in [0, 0.05) is 39.3 Å². The van der Waals surface area contributed by atoms with E-state index in [1.807, 2.05) is 12.1 Å². The monoisotopic (exact) mass is 654 g/mol. The maximum Gasteiger partial charge on any atom is 0.140 e. The maximum absolute atomic E-state index is 4.71. The van der Waals surface area contributed by atoms with Gasteiger partial charge in [0.2, 0.25) is 0 Å². The zero-order valence-electron chi connectivity index (χ0n) is 28.5. The van der Waals surface area contributed by atoms with E-state index in [-0.39, 0.29) is 5.41 Å². The van der Waals surface area contributed by atoms with Crippen molar-refractivity contribution in [1.29, 1.82) is 0 Å². The van der Waals surface area contributed by atoms with Gasteiger partial charge in [-0.2, -0.15) is 0 Å². The molecule has 242 valence electrons. The Hall–Kier alpha value is -6.52. The largest absolute Gasteiger partial charge is 0.309 e. The van der Waals surface area contributed by atoms with Crippen LogP contribution >= 0.6 is 0 Å². The van der Waals surface area contributed by atoms with Crippen LogP contribution < -0.4 is 9.80 Å². The van der Waals surface area contributed by atoms with Crippen molar-refractivity contribution >= 4 is 66.6 Å². The molecule has 0 N–H and O–H groups in total. The summed E-state index contributed by atoms with van der Waals surface area (Å²) in [5.74, 6) is 0.823. The predicted octanol–water partition coefficient (Wildman–Crippen LogP) is 12.6. The van der Waals surface area contributed by atoms with E-state index in [9.17, 15) is 0 Å².